The molecule has 0 unspecified atom stereocenters. The minimum atomic E-state index is 0.406. The highest BCUT2D eigenvalue weighted by atomic mass is 16.4. The second kappa shape index (κ2) is 6.05. The van der Waals surface area contributed by atoms with E-state index in [4.69, 9.17) is 10.2 Å². The second-order valence-electron chi connectivity index (χ2n) is 5.52. The van der Waals surface area contributed by atoms with Crippen LogP contribution in [0.1, 0.15) is 0 Å². The van der Waals surface area contributed by atoms with Crippen molar-refractivity contribution in [3.8, 4) is 28.4 Å². The van der Waals surface area contributed by atoms with Gasteiger partial charge in [-0.2, -0.15) is 0 Å². The second-order valence-corrected chi connectivity index (χ2v) is 5.52. The van der Waals surface area contributed by atoms with Crippen molar-refractivity contribution in [1.29, 1.82) is 0 Å². The Morgan fingerprint density at radius 2 is 1.12 bits per heavy atom. The molecular weight excluding hydrogens is 296 g/mol. The van der Waals surface area contributed by atoms with Gasteiger partial charge in [-0.25, -0.2) is 0 Å². The lowest BCUT2D eigenvalue weighted by atomic mass is 10.1. The van der Waals surface area contributed by atoms with Crippen LogP contribution in [0.5, 0.6) is 0 Å². The minimum absolute atomic E-state index is 0.406. The van der Waals surface area contributed by atoms with Crippen LogP contribution in [0.4, 0.5) is 5.88 Å². The van der Waals surface area contributed by atoms with Crippen molar-refractivity contribution < 1.29 is 8.98 Å². The highest BCUT2D eigenvalue weighted by Crippen LogP contribution is 2.30. The highest BCUT2D eigenvalue weighted by molar-refractivity contribution is 5.69. The summed E-state index contributed by atoms with van der Waals surface area (Å²) in [6.07, 6.45) is 0. The monoisotopic (exact) mass is 313 g/mol. The fourth-order valence-corrected chi connectivity index (χ4v) is 2.87. The number of rotatable bonds is 3. The van der Waals surface area contributed by atoms with Crippen molar-refractivity contribution in [1.82, 2.24) is 0 Å². The number of nitrogen functional groups attached to an aromatic ring is 1. The molecule has 3 heteroatoms. The molecule has 0 aliphatic rings. The molecule has 1 aromatic heterocycles. The number of hydrogen-bond donors (Lipinski definition) is 1. The summed E-state index contributed by atoms with van der Waals surface area (Å²) in [6.45, 7) is 0. The summed E-state index contributed by atoms with van der Waals surface area (Å²) in [7, 11) is 0. The summed E-state index contributed by atoms with van der Waals surface area (Å²) in [4.78, 5) is 0. The summed E-state index contributed by atoms with van der Waals surface area (Å²) >= 11 is 0. The van der Waals surface area contributed by atoms with Crippen LogP contribution in [-0.4, -0.2) is 0 Å². The van der Waals surface area contributed by atoms with Crippen molar-refractivity contribution in [3.05, 3.63) is 91.0 Å². The summed E-state index contributed by atoms with van der Waals surface area (Å²) in [5.74, 6) is 1.13. The van der Waals surface area contributed by atoms with Crippen molar-refractivity contribution in [2.24, 2.45) is 0 Å². The first-order valence-electron chi connectivity index (χ1n) is 7.85. The zero-order valence-corrected chi connectivity index (χ0v) is 13.1. The summed E-state index contributed by atoms with van der Waals surface area (Å²) in [5.41, 5.74) is 10.1. The number of nitrogens with two attached hydrogens (primary N) is 1. The lowest BCUT2D eigenvalue weighted by Gasteiger charge is -2.00. The van der Waals surface area contributed by atoms with Gasteiger partial charge < -0.3 is 10.2 Å². The average molecular weight is 313 g/mol. The quantitative estimate of drug-likeness (QED) is 0.567. The molecule has 116 valence electrons. The molecule has 4 rings (SSSR count). The lowest BCUT2D eigenvalue weighted by Crippen LogP contribution is -2.33. The van der Waals surface area contributed by atoms with E-state index in [0.717, 1.165) is 28.4 Å². The van der Waals surface area contributed by atoms with Crippen LogP contribution in [0.15, 0.2) is 95.4 Å². The van der Waals surface area contributed by atoms with Crippen LogP contribution < -0.4 is 10.3 Å². The average Bonchev–Trinajstić information content (AvgIpc) is 3.01. The zero-order chi connectivity index (χ0) is 16.4. The van der Waals surface area contributed by atoms with Gasteiger partial charge in [0.1, 0.15) is 0 Å². The first-order chi connectivity index (χ1) is 11.8. The van der Waals surface area contributed by atoms with Crippen LogP contribution in [-0.2, 0) is 0 Å². The Hall–Kier alpha value is -3.33. The van der Waals surface area contributed by atoms with Gasteiger partial charge in [-0.15, -0.1) is 4.57 Å². The molecule has 3 aromatic carbocycles. The van der Waals surface area contributed by atoms with E-state index in [-0.39, 0.29) is 0 Å². The van der Waals surface area contributed by atoms with E-state index in [1.54, 1.807) is 0 Å². The fraction of sp³-hybridized carbons (Fsp3) is 0. The van der Waals surface area contributed by atoms with Crippen LogP contribution in [0.3, 0.4) is 0 Å². The molecule has 3 nitrogen and oxygen atoms in total. The molecule has 0 radical (unpaired) electrons. The third-order valence-electron chi connectivity index (χ3n) is 3.95. The number of aromatic nitrogens is 1. The molecule has 24 heavy (non-hydrogen) atoms. The van der Waals surface area contributed by atoms with E-state index in [9.17, 15) is 0 Å². The van der Waals surface area contributed by atoms with Gasteiger partial charge in [0, 0.05) is 12.1 Å². The Kier molecular flexibility index (Phi) is 3.60. The largest absolute Gasteiger partial charge is 0.388 e. The van der Waals surface area contributed by atoms with Gasteiger partial charge in [-0.05, 0) is 24.3 Å². The number of para-hydroxylation sites is 1. The molecule has 0 aliphatic heterocycles. The summed E-state index contributed by atoms with van der Waals surface area (Å²) in [5, 5.41) is 0. The normalized spacial score (nSPS) is 10.7. The van der Waals surface area contributed by atoms with Crippen molar-refractivity contribution in [2.75, 3.05) is 5.73 Å². The summed E-state index contributed by atoms with van der Waals surface area (Å²) < 4.78 is 8.05. The van der Waals surface area contributed by atoms with E-state index < -0.39 is 0 Å². The standard InChI is InChI=1S/C21H17N2O/c22-20-19(16-10-4-1-5-11-16)23(18-14-8-3-9-15-18)21(24-20)17-12-6-2-7-13-17/h1-15H,22H2/q+1. The van der Waals surface area contributed by atoms with Gasteiger partial charge in [-0.1, -0.05) is 54.6 Å². The van der Waals surface area contributed by atoms with Gasteiger partial charge in [0.25, 0.3) is 11.6 Å². The molecule has 0 amide bonds. The van der Waals surface area contributed by atoms with Gasteiger partial charge in [-0.3, -0.25) is 0 Å². The molecule has 0 bridgehead atoms. The Morgan fingerprint density at radius 3 is 1.71 bits per heavy atom. The lowest BCUT2D eigenvalue weighted by molar-refractivity contribution is -0.575. The van der Waals surface area contributed by atoms with Crippen LogP contribution in [0.25, 0.3) is 28.4 Å². The molecule has 2 N–H and O–H groups in total. The van der Waals surface area contributed by atoms with Gasteiger partial charge in [0.2, 0.25) is 5.69 Å². The Labute approximate surface area is 140 Å². The van der Waals surface area contributed by atoms with Gasteiger partial charge >= 0.3 is 5.89 Å². The molecular formula is C21H17N2O+. The SMILES string of the molecule is Nc1oc(-c2ccccc2)[n+](-c2ccccc2)c1-c1ccccc1. The third kappa shape index (κ3) is 2.46. The van der Waals surface area contributed by atoms with Crippen LogP contribution in [0.2, 0.25) is 0 Å². The molecule has 0 atom stereocenters. The van der Waals surface area contributed by atoms with E-state index in [1.807, 2.05) is 91.0 Å². The zero-order valence-electron chi connectivity index (χ0n) is 13.1. The number of benzene rings is 3. The molecule has 0 fully saturated rings. The number of nitrogens with zero attached hydrogens (tertiary/aromatic N) is 1. The maximum atomic E-state index is 6.26. The Bertz CT molecular complexity index is 945. The first kappa shape index (κ1) is 14.3. The number of anilines is 1. The van der Waals surface area contributed by atoms with Crippen LogP contribution >= 0.6 is 0 Å². The fourth-order valence-electron chi connectivity index (χ4n) is 2.87. The maximum Gasteiger partial charge on any atom is 0.388 e. The minimum Gasteiger partial charge on any atom is -0.381 e. The van der Waals surface area contributed by atoms with E-state index in [0.29, 0.717) is 5.88 Å². The molecule has 0 saturated carbocycles. The maximum absolute atomic E-state index is 6.26. The number of oxazole rings is 1. The third-order valence-corrected chi connectivity index (χ3v) is 3.95. The van der Waals surface area contributed by atoms with E-state index in [2.05, 4.69) is 4.57 Å². The van der Waals surface area contributed by atoms with Gasteiger partial charge in [0.05, 0.1) is 11.1 Å². The number of hydrogen-bond acceptors (Lipinski definition) is 2. The Morgan fingerprint density at radius 1 is 0.625 bits per heavy atom. The highest BCUT2D eigenvalue weighted by Gasteiger charge is 2.31. The van der Waals surface area contributed by atoms with Crippen molar-refractivity contribution in [2.45, 2.75) is 0 Å². The predicted molar refractivity (Wildman–Crippen MR) is 95.5 cm³/mol. The first-order valence-corrected chi connectivity index (χ1v) is 7.85. The molecule has 0 spiro atoms. The summed E-state index contributed by atoms with van der Waals surface area (Å²) in [6, 6.07) is 30.2. The van der Waals surface area contributed by atoms with Gasteiger partial charge in [0.15, 0.2) is 0 Å². The molecule has 4 aromatic rings. The van der Waals surface area contributed by atoms with Crippen molar-refractivity contribution >= 4 is 5.88 Å². The Balaban J connectivity index is 2.03. The molecule has 0 saturated heterocycles. The van der Waals surface area contributed by atoms with Crippen molar-refractivity contribution in [3.63, 3.8) is 0 Å². The smallest absolute Gasteiger partial charge is 0.381 e. The molecule has 1 heterocycles. The topological polar surface area (TPSA) is 43.0 Å². The van der Waals surface area contributed by atoms with E-state index in [1.165, 1.54) is 0 Å². The van der Waals surface area contributed by atoms with Crippen LogP contribution in [0, 0.1) is 0 Å². The van der Waals surface area contributed by atoms with E-state index >= 15 is 0 Å². The predicted octanol–water partition coefficient (Wildman–Crippen LogP) is 4.47. The molecule has 0 aliphatic carbocycles.